The Kier molecular flexibility index (Phi) is 4.68. The first-order valence-electron chi connectivity index (χ1n) is 6.74. The Bertz CT molecular complexity index is 779. The predicted octanol–water partition coefficient (Wildman–Crippen LogP) is 1.21. The molecule has 0 bridgehead atoms. The van der Waals surface area contributed by atoms with Gasteiger partial charge in [0.2, 0.25) is 10.0 Å². The van der Waals surface area contributed by atoms with Crippen LogP contribution in [0.3, 0.4) is 0 Å². The Hall–Kier alpha value is -2.12. The Balaban J connectivity index is 2.21. The van der Waals surface area contributed by atoms with Gasteiger partial charge in [-0.3, -0.25) is 4.79 Å². The highest BCUT2D eigenvalue weighted by atomic mass is 32.2. The summed E-state index contributed by atoms with van der Waals surface area (Å²) in [7, 11) is 1.20. The van der Waals surface area contributed by atoms with Crippen LogP contribution in [0, 0.1) is 0 Å². The summed E-state index contributed by atoms with van der Waals surface area (Å²) in [6, 6.07) is 10.1. The van der Waals surface area contributed by atoms with E-state index in [1.807, 2.05) is 0 Å². The summed E-state index contributed by atoms with van der Waals surface area (Å²) in [6.07, 6.45) is 1.78. The van der Waals surface area contributed by atoms with Gasteiger partial charge in [-0.1, -0.05) is 18.2 Å². The number of nitrogens with zero attached hydrogens (tertiary/aromatic N) is 2. The number of rotatable bonds is 5. The van der Waals surface area contributed by atoms with Crippen molar-refractivity contribution in [2.24, 2.45) is 7.05 Å². The van der Waals surface area contributed by atoms with Gasteiger partial charge >= 0.3 is 0 Å². The Labute approximate surface area is 130 Å². The molecule has 0 aliphatic rings. The zero-order valence-electron chi connectivity index (χ0n) is 12.8. The van der Waals surface area contributed by atoms with E-state index in [-0.39, 0.29) is 17.3 Å². The fourth-order valence-electron chi connectivity index (χ4n) is 2.06. The van der Waals surface area contributed by atoms with Crippen LogP contribution in [0.15, 0.2) is 47.5 Å². The minimum absolute atomic E-state index is 0.146. The van der Waals surface area contributed by atoms with E-state index in [9.17, 15) is 13.2 Å². The minimum atomic E-state index is -3.54. The molecule has 2 aromatic rings. The maximum Gasteiger partial charge on any atom is 0.268 e. The average Bonchev–Trinajstić information content (AvgIpc) is 2.91. The predicted molar refractivity (Wildman–Crippen MR) is 83.9 cm³/mol. The molecular formula is C15H19N3O3S. The van der Waals surface area contributed by atoms with Crippen LogP contribution < -0.4 is 5.32 Å². The summed E-state index contributed by atoms with van der Waals surface area (Å²) in [4.78, 5) is 12.3. The molecule has 0 unspecified atom stereocenters. The molecule has 1 aromatic heterocycles. The van der Waals surface area contributed by atoms with Gasteiger partial charge in [-0.2, -0.15) is 0 Å². The van der Waals surface area contributed by atoms with Crippen LogP contribution in [-0.2, 0) is 23.6 Å². The summed E-state index contributed by atoms with van der Waals surface area (Å²) in [5.74, 6) is -0.246. The number of amides is 1. The highest BCUT2D eigenvalue weighted by Gasteiger charge is 2.21. The lowest BCUT2D eigenvalue weighted by Crippen LogP contribution is -2.27. The van der Waals surface area contributed by atoms with Crippen molar-refractivity contribution in [3.63, 3.8) is 0 Å². The standard InChI is InChI=1S/C15H19N3O3S/c1-17(2)22(20,21)14-9-5-4-7-12(14)11-16-15(19)13-8-6-10-18(13)3/h4-10H,11H2,1-3H3,(H,16,19). The number of aromatic nitrogens is 1. The van der Waals surface area contributed by atoms with Gasteiger partial charge in [-0.15, -0.1) is 0 Å². The summed E-state index contributed by atoms with van der Waals surface area (Å²) >= 11 is 0. The zero-order chi connectivity index (χ0) is 16.3. The molecule has 22 heavy (non-hydrogen) atoms. The number of carbonyl (C=O) groups excluding carboxylic acids is 1. The van der Waals surface area contributed by atoms with Crippen molar-refractivity contribution >= 4 is 15.9 Å². The molecule has 2 rings (SSSR count). The summed E-state index contributed by atoms with van der Waals surface area (Å²) < 4.78 is 27.4. The first kappa shape index (κ1) is 16.3. The van der Waals surface area contributed by atoms with Crippen molar-refractivity contribution < 1.29 is 13.2 Å². The SMILES string of the molecule is CN(C)S(=O)(=O)c1ccccc1CNC(=O)c1cccn1C. The van der Waals surface area contributed by atoms with Crippen LogP contribution in [-0.4, -0.2) is 37.3 Å². The maximum atomic E-state index is 12.3. The molecule has 0 saturated carbocycles. The third kappa shape index (κ3) is 3.20. The van der Waals surface area contributed by atoms with E-state index < -0.39 is 10.0 Å². The van der Waals surface area contributed by atoms with Crippen LogP contribution in [0.5, 0.6) is 0 Å². The van der Waals surface area contributed by atoms with E-state index >= 15 is 0 Å². The van der Waals surface area contributed by atoms with Crippen LogP contribution in [0.2, 0.25) is 0 Å². The number of aryl methyl sites for hydroxylation is 1. The number of benzene rings is 1. The molecule has 1 aromatic carbocycles. The zero-order valence-corrected chi connectivity index (χ0v) is 13.6. The number of sulfonamides is 1. The van der Waals surface area contributed by atoms with Crippen LogP contribution in [0.1, 0.15) is 16.1 Å². The third-order valence-corrected chi connectivity index (χ3v) is 5.26. The minimum Gasteiger partial charge on any atom is -0.347 e. The Morgan fingerprint density at radius 2 is 1.86 bits per heavy atom. The fourth-order valence-corrected chi connectivity index (χ4v) is 3.18. The van der Waals surface area contributed by atoms with E-state index in [1.165, 1.54) is 14.1 Å². The first-order chi connectivity index (χ1) is 10.3. The fraction of sp³-hybridized carbons (Fsp3) is 0.267. The molecule has 1 N–H and O–H groups in total. The van der Waals surface area contributed by atoms with E-state index in [0.29, 0.717) is 11.3 Å². The van der Waals surface area contributed by atoms with Crippen LogP contribution >= 0.6 is 0 Å². The summed E-state index contributed by atoms with van der Waals surface area (Å²) in [5.41, 5.74) is 1.08. The topological polar surface area (TPSA) is 71.4 Å². The van der Waals surface area contributed by atoms with Gasteiger partial charge in [0.25, 0.3) is 5.91 Å². The van der Waals surface area contributed by atoms with Crippen molar-refractivity contribution in [1.82, 2.24) is 14.2 Å². The highest BCUT2D eigenvalue weighted by molar-refractivity contribution is 7.89. The monoisotopic (exact) mass is 321 g/mol. The lowest BCUT2D eigenvalue weighted by molar-refractivity contribution is 0.0942. The van der Waals surface area contributed by atoms with Gasteiger partial charge in [-0.05, 0) is 23.8 Å². The molecule has 1 heterocycles. The number of nitrogens with one attached hydrogen (secondary N) is 1. The Morgan fingerprint density at radius 1 is 1.18 bits per heavy atom. The van der Waals surface area contributed by atoms with E-state index in [0.717, 1.165) is 4.31 Å². The normalized spacial score (nSPS) is 11.6. The Morgan fingerprint density at radius 3 is 2.45 bits per heavy atom. The molecule has 6 nitrogen and oxygen atoms in total. The van der Waals surface area contributed by atoms with Gasteiger partial charge < -0.3 is 9.88 Å². The van der Waals surface area contributed by atoms with Crippen LogP contribution in [0.4, 0.5) is 0 Å². The van der Waals surface area contributed by atoms with Gasteiger partial charge in [0, 0.05) is 33.9 Å². The molecular weight excluding hydrogens is 302 g/mol. The van der Waals surface area contributed by atoms with Crippen molar-refractivity contribution in [2.45, 2.75) is 11.4 Å². The second kappa shape index (κ2) is 6.33. The average molecular weight is 321 g/mol. The highest BCUT2D eigenvalue weighted by Crippen LogP contribution is 2.18. The van der Waals surface area contributed by atoms with Gasteiger partial charge in [0.15, 0.2) is 0 Å². The van der Waals surface area contributed by atoms with Gasteiger partial charge in [0.1, 0.15) is 5.69 Å². The van der Waals surface area contributed by atoms with Crippen molar-refractivity contribution in [3.05, 3.63) is 53.9 Å². The molecule has 0 aliphatic carbocycles. The third-order valence-electron chi connectivity index (χ3n) is 3.35. The second-order valence-corrected chi connectivity index (χ2v) is 7.20. The lowest BCUT2D eigenvalue weighted by Gasteiger charge is -2.15. The molecule has 118 valence electrons. The molecule has 0 radical (unpaired) electrons. The number of carbonyl (C=O) groups is 1. The number of hydrogen-bond acceptors (Lipinski definition) is 3. The van der Waals surface area contributed by atoms with Crippen molar-refractivity contribution in [3.8, 4) is 0 Å². The molecule has 0 saturated heterocycles. The van der Waals surface area contributed by atoms with Crippen LogP contribution in [0.25, 0.3) is 0 Å². The van der Waals surface area contributed by atoms with E-state index in [2.05, 4.69) is 5.32 Å². The molecule has 1 amide bonds. The first-order valence-corrected chi connectivity index (χ1v) is 8.18. The van der Waals surface area contributed by atoms with Crippen molar-refractivity contribution in [2.75, 3.05) is 14.1 Å². The maximum absolute atomic E-state index is 12.3. The van der Waals surface area contributed by atoms with Crippen molar-refractivity contribution in [1.29, 1.82) is 0 Å². The van der Waals surface area contributed by atoms with E-state index in [1.54, 1.807) is 54.2 Å². The second-order valence-electron chi connectivity index (χ2n) is 5.08. The molecule has 0 spiro atoms. The van der Waals surface area contributed by atoms with Gasteiger partial charge in [-0.25, -0.2) is 12.7 Å². The smallest absolute Gasteiger partial charge is 0.268 e. The summed E-state index contributed by atoms with van der Waals surface area (Å²) in [6.45, 7) is 0.146. The largest absolute Gasteiger partial charge is 0.347 e. The molecule has 0 fully saturated rings. The lowest BCUT2D eigenvalue weighted by atomic mass is 10.2. The number of hydrogen-bond donors (Lipinski definition) is 1. The molecule has 0 atom stereocenters. The van der Waals surface area contributed by atoms with E-state index in [4.69, 9.17) is 0 Å². The van der Waals surface area contributed by atoms with Gasteiger partial charge in [0.05, 0.1) is 4.90 Å². The quantitative estimate of drug-likeness (QED) is 0.899. The summed E-state index contributed by atoms with van der Waals surface area (Å²) in [5, 5.41) is 2.75. The molecule has 7 heteroatoms. The molecule has 0 aliphatic heterocycles.